The van der Waals surface area contributed by atoms with Crippen LogP contribution in [0.1, 0.15) is 80.6 Å². The molecule has 1 unspecified atom stereocenters. The van der Waals surface area contributed by atoms with Gasteiger partial charge in [0.2, 0.25) is 0 Å². The standard InChI is InChI=1S/C13H27FN2.2C2H6/c1-4-5-6-10-16(14)11-7-12-13(2,3)8-9-15-12;2*1-2/h12,15H,4-11H2,1-3H3;2*1-2H3. The number of nitrogens with one attached hydrogen (secondary N) is 1. The first-order valence-corrected chi connectivity index (χ1v) is 8.70. The molecule has 0 aliphatic carbocycles. The summed E-state index contributed by atoms with van der Waals surface area (Å²) in [7, 11) is 0. The number of hydrogen-bond donors (Lipinski definition) is 1. The van der Waals surface area contributed by atoms with Crippen molar-refractivity contribution in [3.63, 3.8) is 0 Å². The average molecular weight is 291 g/mol. The van der Waals surface area contributed by atoms with E-state index in [9.17, 15) is 4.48 Å². The average Bonchev–Trinajstić information content (AvgIpc) is 2.80. The van der Waals surface area contributed by atoms with E-state index in [2.05, 4.69) is 26.1 Å². The summed E-state index contributed by atoms with van der Waals surface area (Å²) >= 11 is 0. The minimum Gasteiger partial charge on any atom is -0.313 e. The smallest absolute Gasteiger partial charge is 0.0305 e. The molecule has 0 spiro atoms. The van der Waals surface area contributed by atoms with E-state index in [1.807, 2.05) is 27.7 Å². The summed E-state index contributed by atoms with van der Waals surface area (Å²) in [5.41, 5.74) is 0.338. The molecule has 1 saturated heterocycles. The molecule has 1 atom stereocenters. The molecule has 1 aliphatic heterocycles. The Morgan fingerprint density at radius 2 is 1.70 bits per heavy atom. The first-order valence-electron chi connectivity index (χ1n) is 8.70. The summed E-state index contributed by atoms with van der Waals surface area (Å²) in [6.45, 7) is 17.0. The van der Waals surface area contributed by atoms with Crippen molar-refractivity contribution in [3.8, 4) is 0 Å². The zero-order valence-electron chi connectivity index (χ0n) is 15.1. The van der Waals surface area contributed by atoms with E-state index in [1.165, 1.54) is 6.42 Å². The highest BCUT2D eigenvalue weighted by molar-refractivity contribution is 4.90. The van der Waals surface area contributed by atoms with Crippen LogP contribution < -0.4 is 5.32 Å². The van der Waals surface area contributed by atoms with Crippen molar-refractivity contribution >= 4 is 0 Å². The Kier molecular flexibility index (Phi) is 15.3. The molecule has 0 saturated carbocycles. The highest BCUT2D eigenvalue weighted by atomic mass is 19.2. The van der Waals surface area contributed by atoms with Crippen LogP contribution in [-0.4, -0.2) is 30.8 Å². The fraction of sp³-hybridized carbons (Fsp3) is 1.00. The van der Waals surface area contributed by atoms with Crippen molar-refractivity contribution in [1.29, 1.82) is 0 Å². The minimum absolute atomic E-state index is 0.338. The molecular weight excluding hydrogens is 251 g/mol. The van der Waals surface area contributed by atoms with Crippen molar-refractivity contribution < 1.29 is 4.48 Å². The van der Waals surface area contributed by atoms with Gasteiger partial charge < -0.3 is 5.32 Å². The summed E-state index contributed by atoms with van der Waals surface area (Å²) in [5, 5.41) is 4.47. The first-order chi connectivity index (χ1) is 9.56. The van der Waals surface area contributed by atoms with Crippen molar-refractivity contribution in [2.24, 2.45) is 5.41 Å². The topological polar surface area (TPSA) is 15.3 Å². The molecule has 0 bridgehead atoms. The van der Waals surface area contributed by atoms with Crippen LogP contribution >= 0.6 is 0 Å². The minimum atomic E-state index is 0.338. The lowest BCUT2D eigenvalue weighted by molar-refractivity contribution is 0.0169. The lowest BCUT2D eigenvalue weighted by atomic mass is 9.83. The number of nitrogens with zero attached hydrogens (tertiary/aromatic N) is 1. The van der Waals surface area contributed by atoms with Crippen molar-refractivity contribution in [2.45, 2.75) is 86.6 Å². The van der Waals surface area contributed by atoms with Gasteiger partial charge in [-0.15, -0.1) is 9.60 Å². The van der Waals surface area contributed by atoms with Crippen LogP contribution in [0.15, 0.2) is 0 Å². The van der Waals surface area contributed by atoms with E-state index in [0.717, 1.165) is 37.4 Å². The Balaban J connectivity index is 0. The van der Waals surface area contributed by atoms with Gasteiger partial charge in [-0.3, -0.25) is 0 Å². The molecule has 3 heteroatoms. The van der Waals surface area contributed by atoms with Crippen molar-refractivity contribution in [3.05, 3.63) is 0 Å². The third kappa shape index (κ3) is 9.71. The molecule has 1 heterocycles. The fourth-order valence-electron chi connectivity index (χ4n) is 2.43. The van der Waals surface area contributed by atoms with Crippen LogP contribution in [0, 0.1) is 5.41 Å². The van der Waals surface area contributed by atoms with E-state index < -0.39 is 0 Å². The predicted octanol–water partition coefficient (Wildman–Crippen LogP) is 5.19. The predicted molar refractivity (Wildman–Crippen MR) is 89.7 cm³/mol. The molecule has 0 radical (unpaired) electrons. The van der Waals surface area contributed by atoms with Gasteiger partial charge in [0.1, 0.15) is 0 Å². The van der Waals surface area contributed by atoms with Gasteiger partial charge in [-0.1, -0.05) is 61.3 Å². The summed E-state index contributed by atoms with van der Waals surface area (Å²) in [5.74, 6) is 0. The van der Waals surface area contributed by atoms with E-state index in [4.69, 9.17) is 0 Å². The Morgan fingerprint density at radius 1 is 1.10 bits per heavy atom. The summed E-state index contributed by atoms with van der Waals surface area (Å²) < 4.78 is 13.4. The summed E-state index contributed by atoms with van der Waals surface area (Å²) in [6, 6.07) is 0.483. The molecule has 1 rings (SSSR count). The van der Waals surface area contributed by atoms with Gasteiger partial charge >= 0.3 is 0 Å². The van der Waals surface area contributed by atoms with E-state index >= 15 is 0 Å². The van der Waals surface area contributed by atoms with Gasteiger partial charge in [0, 0.05) is 19.1 Å². The molecule has 1 aliphatic rings. The maximum absolute atomic E-state index is 13.4. The molecular formula is C17H39FN2. The molecule has 0 aromatic heterocycles. The van der Waals surface area contributed by atoms with Crippen LogP contribution in [-0.2, 0) is 0 Å². The molecule has 0 aromatic rings. The summed E-state index contributed by atoms with van der Waals surface area (Å²) in [6.07, 6.45) is 5.41. The molecule has 1 fully saturated rings. The normalized spacial score (nSPS) is 19.9. The monoisotopic (exact) mass is 290 g/mol. The highest BCUT2D eigenvalue weighted by Crippen LogP contribution is 2.31. The first kappa shape index (κ1) is 22.1. The zero-order chi connectivity index (χ0) is 16.0. The molecule has 0 aromatic carbocycles. The molecule has 124 valence electrons. The van der Waals surface area contributed by atoms with Crippen LogP contribution in [0.2, 0.25) is 0 Å². The second-order valence-electron chi connectivity index (χ2n) is 5.65. The lowest BCUT2D eigenvalue weighted by Crippen LogP contribution is -2.35. The van der Waals surface area contributed by atoms with Crippen LogP contribution in [0.4, 0.5) is 4.48 Å². The Bertz CT molecular complexity index is 195. The van der Waals surface area contributed by atoms with E-state index in [0.29, 0.717) is 24.5 Å². The van der Waals surface area contributed by atoms with Gasteiger partial charge in [0.15, 0.2) is 0 Å². The van der Waals surface area contributed by atoms with Gasteiger partial charge in [0.25, 0.3) is 0 Å². The van der Waals surface area contributed by atoms with Crippen LogP contribution in [0.25, 0.3) is 0 Å². The molecule has 0 amide bonds. The zero-order valence-corrected chi connectivity index (χ0v) is 15.1. The maximum atomic E-state index is 13.4. The number of halogens is 1. The van der Waals surface area contributed by atoms with Gasteiger partial charge in [-0.2, -0.15) is 0 Å². The number of rotatable bonds is 7. The van der Waals surface area contributed by atoms with Gasteiger partial charge in [-0.05, 0) is 31.2 Å². The quantitative estimate of drug-likeness (QED) is 0.512. The third-order valence-electron chi connectivity index (χ3n) is 3.77. The van der Waals surface area contributed by atoms with Crippen LogP contribution in [0.3, 0.4) is 0 Å². The molecule has 1 N–H and O–H groups in total. The van der Waals surface area contributed by atoms with E-state index in [1.54, 1.807) is 0 Å². The van der Waals surface area contributed by atoms with Crippen LogP contribution in [0.5, 0.6) is 0 Å². The largest absolute Gasteiger partial charge is 0.313 e. The second-order valence-corrected chi connectivity index (χ2v) is 5.65. The summed E-state index contributed by atoms with van der Waals surface area (Å²) in [4.78, 5) is 0. The van der Waals surface area contributed by atoms with Crippen molar-refractivity contribution in [2.75, 3.05) is 19.6 Å². The lowest BCUT2D eigenvalue weighted by Gasteiger charge is -2.27. The Hall–Kier alpha value is -0.150. The Morgan fingerprint density at radius 3 is 2.15 bits per heavy atom. The fourth-order valence-corrected chi connectivity index (χ4v) is 2.43. The Labute approximate surface area is 127 Å². The molecule has 2 nitrogen and oxygen atoms in total. The van der Waals surface area contributed by atoms with Gasteiger partial charge in [-0.25, -0.2) is 0 Å². The molecule has 20 heavy (non-hydrogen) atoms. The number of hydrogen-bond acceptors (Lipinski definition) is 2. The third-order valence-corrected chi connectivity index (χ3v) is 3.77. The van der Waals surface area contributed by atoms with Gasteiger partial charge in [0.05, 0.1) is 0 Å². The maximum Gasteiger partial charge on any atom is 0.0305 e. The number of unbranched alkanes of at least 4 members (excludes halogenated alkanes) is 2. The second kappa shape index (κ2) is 13.8. The van der Waals surface area contributed by atoms with Crippen molar-refractivity contribution in [1.82, 2.24) is 10.4 Å². The SMILES string of the molecule is CC.CC.CCCCCN(F)CCC1NCCC1(C)C. The highest BCUT2D eigenvalue weighted by Gasteiger charge is 2.33. The van der Waals surface area contributed by atoms with E-state index in [-0.39, 0.29) is 0 Å².